The summed E-state index contributed by atoms with van der Waals surface area (Å²) >= 11 is 6.16. The van der Waals surface area contributed by atoms with Crippen molar-refractivity contribution in [1.29, 1.82) is 0 Å². The molecule has 0 saturated carbocycles. The molecule has 4 heteroatoms. The predicted molar refractivity (Wildman–Crippen MR) is 70.7 cm³/mol. The Hall–Kier alpha value is -1.32. The van der Waals surface area contributed by atoms with Crippen molar-refractivity contribution in [1.82, 2.24) is 9.78 Å². The lowest BCUT2D eigenvalue weighted by molar-refractivity contribution is 0.815. The number of aromatic nitrogens is 2. The molecular formula is C13H16ClN3. The average molecular weight is 250 g/mol. The molecule has 0 aliphatic carbocycles. The van der Waals surface area contributed by atoms with Crippen LogP contribution in [0.3, 0.4) is 0 Å². The number of hydrogen-bond donors (Lipinski definition) is 1. The van der Waals surface area contributed by atoms with E-state index in [9.17, 15) is 0 Å². The molecule has 0 atom stereocenters. The number of benzene rings is 1. The van der Waals surface area contributed by atoms with Gasteiger partial charge >= 0.3 is 0 Å². The molecule has 2 N–H and O–H groups in total. The maximum Gasteiger partial charge on any atom is 0.0834 e. The molecule has 0 fully saturated rings. The van der Waals surface area contributed by atoms with Gasteiger partial charge in [0.25, 0.3) is 0 Å². The lowest BCUT2D eigenvalue weighted by Crippen LogP contribution is -2.02. The molecule has 1 aromatic carbocycles. The topological polar surface area (TPSA) is 43.8 Å². The number of rotatable bonds is 4. The van der Waals surface area contributed by atoms with Gasteiger partial charge in [-0.3, -0.25) is 0 Å². The van der Waals surface area contributed by atoms with Crippen molar-refractivity contribution in [2.45, 2.75) is 19.8 Å². The van der Waals surface area contributed by atoms with Crippen LogP contribution in [-0.2, 0) is 6.42 Å². The van der Waals surface area contributed by atoms with E-state index in [0.29, 0.717) is 11.6 Å². The highest BCUT2D eigenvalue weighted by molar-refractivity contribution is 6.32. The summed E-state index contributed by atoms with van der Waals surface area (Å²) in [5.41, 5.74) is 8.80. The van der Waals surface area contributed by atoms with Crippen LogP contribution in [0.1, 0.15) is 17.7 Å². The second-order valence-corrected chi connectivity index (χ2v) is 4.42. The number of para-hydroxylation sites is 1. The number of aryl methyl sites for hydroxylation is 1. The average Bonchev–Trinajstić information content (AvgIpc) is 2.69. The van der Waals surface area contributed by atoms with Crippen molar-refractivity contribution in [2.24, 2.45) is 5.73 Å². The van der Waals surface area contributed by atoms with Gasteiger partial charge in [-0.25, -0.2) is 4.68 Å². The van der Waals surface area contributed by atoms with Crippen LogP contribution in [0.2, 0.25) is 5.02 Å². The summed E-state index contributed by atoms with van der Waals surface area (Å²) < 4.78 is 1.88. The second kappa shape index (κ2) is 5.34. The molecule has 0 saturated heterocycles. The third-order valence-corrected chi connectivity index (χ3v) is 3.16. The smallest absolute Gasteiger partial charge is 0.0834 e. The molecule has 2 rings (SSSR count). The molecule has 0 radical (unpaired) electrons. The van der Waals surface area contributed by atoms with Gasteiger partial charge in [-0.1, -0.05) is 23.7 Å². The predicted octanol–water partition coefficient (Wildman–Crippen LogP) is 2.73. The SMILES string of the molecule is Cc1c(CCCN)cnn1-c1ccccc1Cl. The number of nitrogens with zero attached hydrogens (tertiary/aromatic N) is 2. The molecule has 17 heavy (non-hydrogen) atoms. The van der Waals surface area contributed by atoms with E-state index in [-0.39, 0.29) is 0 Å². The quantitative estimate of drug-likeness (QED) is 0.906. The van der Waals surface area contributed by atoms with Gasteiger partial charge in [0.1, 0.15) is 0 Å². The minimum atomic E-state index is 0.705. The molecular weight excluding hydrogens is 234 g/mol. The van der Waals surface area contributed by atoms with Gasteiger partial charge in [0.05, 0.1) is 16.9 Å². The van der Waals surface area contributed by atoms with Gasteiger partial charge in [0, 0.05) is 5.69 Å². The highest BCUT2D eigenvalue weighted by Gasteiger charge is 2.09. The Balaban J connectivity index is 2.34. The van der Waals surface area contributed by atoms with E-state index in [0.717, 1.165) is 24.2 Å². The largest absolute Gasteiger partial charge is 0.330 e. The Morgan fingerprint density at radius 1 is 1.35 bits per heavy atom. The Bertz CT molecular complexity index is 505. The van der Waals surface area contributed by atoms with Crippen LogP contribution in [0, 0.1) is 6.92 Å². The third-order valence-electron chi connectivity index (χ3n) is 2.84. The first-order chi connectivity index (χ1) is 8.24. The minimum Gasteiger partial charge on any atom is -0.330 e. The van der Waals surface area contributed by atoms with Crippen molar-refractivity contribution in [3.8, 4) is 5.69 Å². The molecule has 1 heterocycles. The third kappa shape index (κ3) is 2.51. The zero-order chi connectivity index (χ0) is 12.3. The highest BCUT2D eigenvalue weighted by atomic mass is 35.5. The first-order valence-electron chi connectivity index (χ1n) is 5.72. The van der Waals surface area contributed by atoms with E-state index in [4.69, 9.17) is 17.3 Å². The summed E-state index contributed by atoms with van der Waals surface area (Å²) in [6.07, 6.45) is 3.84. The highest BCUT2D eigenvalue weighted by Crippen LogP contribution is 2.22. The lowest BCUT2D eigenvalue weighted by Gasteiger charge is -2.07. The van der Waals surface area contributed by atoms with E-state index >= 15 is 0 Å². The van der Waals surface area contributed by atoms with Gasteiger partial charge in [0.15, 0.2) is 0 Å². The molecule has 90 valence electrons. The molecule has 0 aliphatic heterocycles. The van der Waals surface area contributed by atoms with Crippen LogP contribution < -0.4 is 5.73 Å². The fraction of sp³-hybridized carbons (Fsp3) is 0.308. The van der Waals surface area contributed by atoms with Crippen LogP contribution in [-0.4, -0.2) is 16.3 Å². The van der Waals surface area contributed by atoms with Crippen LogP contribution in [0.15, 0.2) is 30.5 Å². The summed E-state index contributed by atoms with van der Waals surface area (Å²) in [5, 5.41) is 5.10. The fourth-order valence-corrected chi connectivity index (χ4v) is 2.06. The molecule has 0 spiro atoms. The van der Waals surface area contributed by atoms with Gasteiger partial charge in [-0.15, -0.1) is 0 Å². The first-order valence-corrected chi connectivity index (χ1v) is 6.10. The standard InChI is InChI=1S/C13H16ClN3/c1-10-11(5-4-8-15)9-16-17(10)13-7-3-2-6-12(13)14/h2-3,6-7,9H,4-5,8,15H2,1H3. The fourth-order valence-electron chi connectivity index (χ4n) is 1.85. The molecule has 0 aliphatic rings. The molecule has 3 nitrogen and oxygen atoms in total. The van der Waals surface area contributed by atoms with Crippen LogP contribution in [0.4, 0.5) is 0 Å². The molecule has 2 aromatic rings. The van der Waals surface area contributed by atoms with E-state index in [1.807, 2.05) is 35.1 Å². The maximum absolute atomic E-state index is 6.16. The summed E-state index contributed by atoms with van der Waals surface area (Å²) in [7, 11) is 0. The van der Waals surface area contributed by atoms with E-state index in [1.54, 1.807) is 0 Å². The Labute approximate surface area is 106 Å². The van der Waals surface area contributed by atoms with Crippen LogP contribution >= 0.6 is 11.6 Å². The Morgan fingerprint density at radius 2 is 2.12 bits per heavy atom. The van der Waals surface area contributed by atoms with Crippen molar-refractivity contribution in [3.63, 3.8) is 0 Å². The molecule has 0 bridgehead atoms. The Kier molecular flexibility index (Phi) is 3.82. The molecule has 1 aromatic heterocycles. The maximum atomic E-state index is 6.16. The van der Waals surface area contributed by atoms with Gasteiger partial charge in [0.2, 0.25) is 0 Å². The normalized spacial score (nSPS) is 10.8. The summed E-state index contributed by atoms with van der Waals surface area (Å²) in [6, 6.07) is 7.72. The van der Waals surface area contributed by atoms with E-state index in [2.05, 4.69) is 12.0 Å². The van der Waals surface area contributed by atoms with Crippen LogP contribution in [0.5, 0.6) is 0 Å². The zero-order valence-corrected chi connectivity index (χ0v) is 10.6. The minimum absolute atomic E-state index is 0.705. The van der Waals surface area contributed by atoms with Gasteiger partial charge in [-0.05, 0) is 44.0 Å². The first kappa shape index (κ1) is 12.1. The number of hydrogen-bond acceptors (Lipinski definition) is 2. The Morgan fingerprint density at radius 3 is 2.82 bits per heavy atom. The monoisotopic (exact) mass is 249 g/mol. The summed E-state index contributed by atoms with van der Waals surface area (Å²) in [4.78, 5) is 0. The van der Waals surface area contributed by atoms with Crippen molar-refractivity contribution in [2.75, 3.05) is 6.54 Å². The summed E-state index contributed by atoms with van der Waals surface area (Å²) in [6.45, 7) is 2.76. The summed E-state index contributed by atoms with van der Waals surface area (Å²) in [5.74, 6) is 0. The number of halogens is 1. The van der Waals surface area contributed by atoms with Gasteiger partial charge in [-0.2, -0.15) is 5.10 Å². The van der Waals surface area contributed by atoms with E-state index in [1.165, 1.54) is 5.56 Å². The van der Waals surface area contributed by atoms with E-state index < -0.39 is 0 Å². The van der Waals surface area contributed by atoms with Gasteiger partial charge < -0.3 is 5.73 Å². The second-order valence-electron chi connectivity index (χ2n) is 4.01. The zero-order valence-electron chi connectivity index (χ0n) is 9.86. The van der Waals surface area contributed by atoms with Crippen molar-refractivity contribution >= 4 is 11.6 Å². The lowest BCUT2D eigenvalue weighted by atomic mass is 10.1. The van der Waals surface area contributed by atoms with Crippen LogP contribution in [0.25, 0.3) is 5.69 Å². The van der Waals surface area contributed by atoms with Crippen molar-refractivity contribution in [3.05, 3.63) is 46.7 Å². The molecule has 0 amide bonds. The molecule has 0 unspecified atom stereocenters. The number of nitrogens with two attached hydrogens (primary N) is 1. The van der Waals surface area contributed by atoms with Crippen molar-refractivity contribution < 1.29 is 0 Å².